The molecule has 2 nitrogen and oxygen atoms in total. The van der Waals surface area contributed by atoms with Crippen LogP contribution in [0, 0.1) is 0 Å². The summed E-state index contributed by atoms with van der Waals surface area (Å²) in [4.78, 5) is 13.2. The van der Waals surface area contributed by atoms with Gasteiger partial charge in [-0.15, -0.1) is 0 Å². The lowest BCUT2D eigenvalue weighted by atomic mass is 9.99. The second-order valence-corrected chi connectivity index (χ2v) is 5.09. The van der Waals surface area contributed by atoms with Crippen molar-refractivity contribution in [2.24, 2.45) is 0 Å². The lowest BCUT2D eigenvalue weighted by molar-refractivity contribution is 0.112. The Labute approximate surface area is 113 Å². The SMILES string of the molecule is O=Cc1cccc(CN2CCc3ccccc3C2)c1. The molecule has 0 amide bonds. The molecule has 0 aromatic heterocycles. The van der Waals surface area contributed by atoms with E-state index in [-0.39, 0.29) is 0 Å². The van der Waals surface area contributed by atoms with E-state index in [1.165, 1.54) is 16.7 Å². The van der Waals surface area contributed by atoms with Gasteiger partial charge in [-0.3, -0.25) is 9.69 Å². The van der Waals surface area contributed by atoms with Gasteiger partial charge in [0.2, 0.25) is 0 Å². The number of rotatable bonds is 3. The monoisotopic (exact) mass is 251 g/mol. The number of aldehydes is 1. The topological polar surface area (TPSA) is 20.3 Å². The van der Waals surface area contributed by atoms with Crippen LogP contribution < -0.4 is 0 Å². The molecule has 0 bridgehead atoms. The number of benzene rings is 2. The predicted molar refractivity (Wildman–Crippen MR) is 76.1 cm³/mol. The van der Waals surface area contributed by atoms with Crippen molar-refractivity contribution in [1.82, 2.24) is 4.90 Å². The molecule has 2 heteroatoms. The van der Waals surface area contributed by atoms with E-state index in [2.05, 4.69) is 35.2 Å². The van der Waals surface area contributed by atoms with Gasteiger partial charge >= 0.3 is 0 Å². The molecule has 0 saturated carbocycles. The van der Waals surface area contributed by atoms with Crippen LogP contribution in [-0.2, 0) is 19.5 Å². The fourth-order valence-electron chi connectivity index (χ4n) is 2.71. The minimum absolute atomic E-state index is 0.759. The summed E-state index contributed by atoms with van der Waals surface area (Å²) in [6.07, 6.45) is 2.03. The smallest absolute Gasteiger partial charge is 0.150 e. The van der Waals surface area contributed by atoms with Gasteiger partial charge in [0, 0.05) is 25.2 Å². The zero-order valence-electron chi connectivity index (χ0n) is 10.9. The number of fused-ring (bicyclic) bond motifs is 1. The standard InChI is InChI=1S/C17H17NO/c19-13-15-5-3-4-14(10-15)11-18-9-8-16-6-1-2-7-17(16)12-18/h1-7,10,13H,8-9,11-12H2. The number of hydrogen-bond acceptors (Lipinski definition) is 2. The first-order valence-corrected chi connectivity index (χ1v) is 6.68. The van der Waals surface area contributed by atoms with Crippen LogP contribution in [0.15, 0.2) is 48.5 Å². The van der Waals surface area contributed by atoms with Gasteiger partial charge < -0.3 is 0 Å². The van der Waals surface area contributed by atoms with Gasteiger partial charge in [0.1, 0.15) is 6.29 Å². The summed E-state index contributed by atoms with van der Waals surface area (Å²) in [6.45, 7) is 3.00. The molecule has 1 heterocycles. The molecule has 0 spiro atoms. The molecular weight excluding hydrogens is 234 g/mol. The Balaban J connectivity index is 1.73. The zero-order valence-corrected chi connectivity index (χ0v) is 10.9. The average molecular weight is 251 g/mol. The van der Waals surface area contributed by atoms with Crippen LogP contribution in [0.2, 0.25) is 0 Å². The Kier molecular flexibility index (Phi) is 3.43. The Morgan fingerprint density at radius 1 is 1.05 bits per heavy atom. The van der Waals surface area contributed by atoms with E-state index in [9.17, 15) is 4.79 Å². The second-order valence-electron chi connectivity index (χ2n) is 5.09. The van der Waals surface area contributed by atoms with E-state index in [0.717, 1.165) is 37.9 Å². The normalized spacial score (nSPS) is 14.9. The van der Waals surface area contributed by atoms with Crippen molar-refractivity contribution in [3.63, 3.8) is 0 Å². The number of carbonyl (C=O) groups excluding carboxylic acids is 1. The van der Waals surface area contributed by atoms with E-state index in [1.54, 1.807) is 0 Å². The van der Waals surface area contributed by atoms with Crippen molar-refractivity contribution in [2.75, 3.05) is 6.54 Å². The molecule has 1 aliphatic rings. The van der Waals surface area contributed by atoms with E-state index in [1.807, 2.05) is 18.2 Å². The van der Waals surface area contributed by atoms with Gasteiger partial charge in [0.25, 0.3) is 0 Å². The highest BCUT2D eigenvalue weighted by atomic mass is 16.1. The van der Waals surface area contributed by atoms with Gasteiger partial charge in [-0.25, -0.2) is 0 Å². The van der Waals surface area contributed by atoms with Gasteiger partial charge in [-0.05, 0) is 29.2 Å². The molecule has 0 unspecified atom stereocenters. The van der Waals surface area contributed by atoms with Gasteiger partial charge in [0.15, 0.2) is 0 Å². The summed E-state index contributed by atoms with van der Waals surface area (Å²) < 4.78 is 0. The van der Waals surface area contributed by atoms with E-state index in [4.69, 9.17) is 0 Å². The molecule has 0 atom stereocenters. The van der Waals surface area contributed by atoms with Crippen molar-refractivity contribution in [2.45, 2.75) is 19.5 Å². The third-order valence-corrected chi connectivity index (χ3v) is 3.70. The minimum atomic E-state index is 0.759. The zero-order chi connectivity index (χ0) is 13.1. The summed E-state index contributed by atoms with van der Waals surface area (Å²) in [5.74, 6) is 0. The van der Waals surface area contributed by atoms with Crippen LogP contribution >= 0.6 is 0 Å². The molecule has 0 fully saturated rings. The molecule has 1 aliphatic heterocycles. The van der Waals surface area contributed by atoms with Gasteiger partial charge in [-0.1, -0.05) is 42.5 Å². The second kappa shape index (κ2) is 5.37. The van der Waals surface area contributed by atoms with Gasteiger partial charge in [-0.2, -0.15) is 0 Å². The highest BCUT2D eigenvalue weighted by Crippen LogP contribution is 2.20. The first-order chi connectivity index (χ1) is 9.35. The summed E-state index contributed by atoms with van der Waals surface area (Å²) in [7, 11) is 0. The first kappa shape index (κ1) is 12.1. The molecule has 2 aromatic carbocycles. The molecule has 0 saturated heterocycles. The first-order valence-electron chi connectivity index (χ1n) is 6.68. The number of nitrogens with zero attached hydrogens (tertiary/aromatic N) is 1. The van der Waals surface area contributed by atoms with Crippen LogP contribution in [0.1, 0.15) is 27.0 Å². The lowest BCUT2D eigenvalue weighted by Gasteiger charge is -2.28. The predicted octanol–water partition coefficient (Wildman–Crippen LogP) is 3.06. The molecule has 0 aliphatic carbocycles. The number of hydrogen-bond donors (Lipinski definition) is 0. The van der Waals surface area contributed by atoms with Crippen molar-refractivity contribution < 1.29 is 4.79 Å². The van der Waals surface area contributed by atoms with Crippen LogP contribution in [0.25, 0.3) is 0 Å². The van der Waals surface area contributed by atoms with E-state index >= 15 is 0 Å². The molecule has 2 aromatic rings. The summed E-state index contributed by atoms with van der Waals surface area (Å²) in [5.41, 5.74) is 4.87. The lowest BCUT2D eigenvalue weighted by Crippen LogP contribution is -2.29. The molecule has 0 N–H and O–H groups in total. The molecular formula is C17H17NO. The summed E-state index contributed by atoms with van der Waals surface area (Å²) in [5, 5.41) is 0. The van der Waals surface area contributed by atoms with Crippen LogP contribution in [0.4, 0.5) is 0 Å². The van der Waals surface area contributed by atoms with Crippen LogP contribution in [-0.4, -0.2) is 17.7 Å². The fraction of sp³-hybridized carbons (Fsp3) is 0.235. The third-order valence-electron chi connectivity index (χ3n) is 3.70. The molecule has 3 rings (SSSR count). The highest BCUT2D eigenvalue weighted by Gasteiger charge is 2.15. The van der Waals surface area contributed by atoms with Crippen molar-refractivity contribution in [1.29, 1.82) is 0 Å². The molecule has 96 valence electrons. The minimum Gasteiger partial charge on any atom is -0.298 e. The van der Waals surface area contributed by atoms with Crippen molar-refractivity contribution >= 4 is 6.29 Å². The molecule has 19 heavy (non-hydrogen) atoms. The summed E-state index contributed by atoms with van der Waals surface area (Å²) >= 11 is 0. The van der Waals surface area contributed by atoms with Gasteiger partial charge in [0.05, 0.1) is 0 Å². The quantitative estimate of drug-likeness (QED) is 0.781. The maximum Gasteiger partial charge on any atom is 0.150 e. The highest BCUT2D eigenvalue weighted by molar-refractivity contribution is 5.74. The van der Waals surface area contributed by atoms with Crippen LogP contribution in [0.3, 0.4) is 0 Å². The fourth-order valence-corrected chi connectivity index (χ4v) is 2.71. The Hall–Kier alpha value is -1.93. The Morgan fingerprint density at radius 2 is 1.89 bits per heavy atom. The Bertz CT molecular complexity index is 591. The van der Waals surface area contributed by atoms with Crippen molar-refractivity contribution in [3.05, 3.63) is 70.8 Å². The van der Waals surface area contributed by atoms with Crippen molar-refractivity contribution in [3.8, 4) is 0 Å². The maximum absolute atomic E-state index is 10.8. The third kappa shape index (κ3) is 2.74. The Morgan fingerprint density at radius 3 is 2.74 bits per heavy atom. The van der Waals surface area contributed by atoms with E-state index < -0.39 is 0 Å². The average Bonchev–Trinajstić information content (AvgIpc) is 2.47. The maximum atomic E-state index is 10.8. The summed E-state index contributed by atoms with van der Waals surface area (Å²) in [6, 6.07) is 16.5. The molecule has 0 radical (unpaired) electrons. The largest absolute Gasteiger partial charge is 0.298 e. The van der Waals surface area contributed by atoms with E-state index in [0.29, 0.717) is 0 Å². The number of carbonyl (C=O) groups is 1. The van der Waals surface area contributed by atoms with Crippen LogP contribution in [0.5, 0.6) is 0 Å².